The molecule has 3 heterocycles. The molecular weight excluding hydrogens is 472 g/mol. The standard InChI is InChI=1S/C30H37ClN2O3/c1-27-10-12-29(31)16-21-25(34)26(35)23(33(2)3)17-28(21)11-13-30(29,36-28)24(27)9-7-20(27)18-6-8-22-19(15-18)5-4-14-32-22/h4-8,14-15,21,23-26,34-35H,9-13,16-17H2,1-3H3. The number of fused-ring (bicyclic) bond motifs is 2. The minimum absolute atomic E-state index is 0.0135. The molecule has 192 valence electrons. The molecule has 0 radical (unpaired) electrons. The molecule has 2 saturated heterocycles. The summed E-state index contributed by atoms with van der Waals surface area (Å²) in [7, 11) is 3.97. The highest BCUT2D eigenvalue weighted by molar-refractivity contribution is 6.25. The zero-order chi connectivity index (χ0) is 25.1. The number of pyridine rings is 1. The Morgan fingerprint density at radius 2 is 1.89 bits per heavy atom. The first kappa shape index (κ1) is 23.6. The Kier molecular flexibility index (Phi) is 4.94. The van der Waals surface area contributed by atoms with Crippen molar-refractivity contribution in [2.45, 2.75) is 86.2 Å². The van der Waals surface area contributed by atoms with E-state index in [1.165, 1.54) is 16.5 Å². The van der Waals surface area contributed by atoms with Gasteiger partial charge >= 0.3 is 0 Å². The largest absolute Gasteiger partial charge is 0.390 e. The van der Waals surface area contributed by atoms with Gasteiger partial charge in [0.1, 0.15) is 0 Å². The van der Waals surface area contributed by atoms with Crippen LogP contribution in [0.2, 0.25) is 0 Å². The van der Waals surface area contributed by atoms with Gasteiger partial charge in [0.2, 0.25) is 0 Å². The highest BCUT2D eigenvalue weighted by atomic mass is 35.5. The van der Waals surface area contributed by atoms with E-state index in [1.807, 2.05) is 31.3 Å². The zero-order valence-electron chi connectivity index (χ0n) is 21.5. The molecule has 5 aliphatic rings. The second-order valence-electron chi connectivity index (χ2n) is 12.8. The fourth-order valence-corrected chi connectivity index (χ4v) is 9.78. The SMILES string of the molecule is CN(C)C1CC23CCC4(O2)C2CC=C(c5ccc6ncccc6c5)C2(C)CCC4(Cl)CC3C(O)C1O. The number of halogens is 1. The molecule has 1 aromatic carbocycles. The van der Waals surface area contributed by atoms with Crippen molar-refractivity contribution in [2.75, 3.05) is 14.1 Å². The number of rotatable bonds is 2. The maximum atomic E-state index is 11.3. The Balaban J connectivity index is 1.27. The average molecular weight is 509 g/mol. The molecule has 5 nitrogen and oxygen atoms in total. The predicted molar refractivity (Wildman–Crippen MR) is 142 cm³/mol. The number of aliphatic hydroxyl groups excluding tert-OH is 2. The third kappa shape index (κ3) is 2.84. The molecule has 2 spiro atoms. The van der Waals surface area contributed by atoms with Gasteiger partial charge in [-0.25, -0.2) is 0 Å². The van der Waals surface area contributed by atoms with Gasteiger partial charge in [0.15, 0.2) is 0 Å². The maximum Gasteiger partial charge on any atom is 0.0958 e. The van der Waals surface area contributed by atoms with Crippen LogP contribution >= 0.6 is 11.6 Å². The molecule has 2 N–H and O–H groups in total. The van der Waals surface area contributed by atoms with Crippen LogP contribution in [0, 0.1) is 17.3 Å². The lowest BCUT2D eigenvalue weighted by atomic mass is 9.52. The van der Waals surface area contributed by atoms with Gasteiger partial charge in [-0.3, -0.25) is 4.98 Å². The van der Waals surface area contributed by atoms with Crippen LogP contribution in [0.25, 0.3) is 16.5 Å². The quantitative estimate of drug-likeness (QED) is 0.571. The normalized spacial score (nSPS) is 47.4. The maximum absolute atomic E-state index is 11.3. The third-order valence-electron chi connectivity index (χ3n) is 11.1. The monoisotopic (exact) mass is 508 g/mol. The number of hydrogen-bond acceptors (Lipinski definition) is 5. The van der Waals surface area contributed by atoms with Crippen molar-refractivity contribution in [2.24, 2.45) is 17.3 Å². The Hall–Kier alpha value is -1.50. The second-order valence-corrected chi connectivity index (χ2v) is 13.5. The van der Waals surface area contributed by atoms with Crippen molar-refractivity contribution in [3.8, 4) is 0 Å². The summed E-state index contributed by atoms with van der Waals surface area (Å²) in [5.41, 5.74) is 2.89. The zero-order valence-corrected chi connectivity index (χ0v) is 22.2. The van der Waals surface area contributed by atoms with E-state index in [1.54, 1.807) is 0 Å². The number of likely N-dealkylation sites (N-methyl/N-ethyl adjacent to an activating group) is 1. The number of ether oxygens (including phenoxy) is 1. The number of allylic oxidation sites excluding steroid dienone is 2. The van der Waals surface area contributed by atoms with Crippen LogP contribution in [-0.4, -0.2) is 68.5 Å². The first-order chi connectivity index (χ1) is 17.1. The Bertz CT molecular complexity index is 1270. The first-order valence-corrected chi connectivity index (χ1v) is 14.0. The molecule has 6 heteroatoms. The summed E-state index contributed by atoms with van der Waals surface area (Å²) < 4.78 is 7.34. The van der Waals surface area contributed by atoms with Gasteiger partial charge in [0.05, 0.1) is 33.8 Å². The van der Waals surface area contributed by atoms with E-state index >= 15 is 0 Å². The molecule has 9 atom stereocenters. The van der Waals surface area contributed by atoms with Gasteiger partial charge < -0.3 is 19.8 Å². The molecule has 2 saturated carbocycles. The number of aromatic nitrogens is 1. The fourth-order valence-electron chi connectivity index (χ4n) is 9.25. The summed E-state index contributed by atoms with van der Waals surface area (Å²) >= 11 is 7.63. The predicted octanol–water partition coefficient (Wildman–Crippen LogP) is 4.78. The van der Waals surface area contributed by atoms with Crippen LogP contribution in [0.15, 0.2) is 42.6 Å². The lowest BCUT2D eigenvalue weighted by Crippen LogP contribution is -2.72. The molecule has 3 aliphatic carbocycles. The summed E-state index contributed by atoms with van der Waals surface area (Å²) in [6, 6.07) is 10.7. The van der Waals surface area contributed by atoms with Crippen molar-refractivity contribution < 1.29 is 14.9 Å². The molecule has 36 heavy (non-hydrogen) atoms. The Labute approximate surface area is 218 Å². The summed E-state index contributed by atoms with van der Waals surface area (Å²) in [6.45, 7) is 2.43. The Morgan fingerprint density at radius 1 is 1.06 bits per heavy atom. The van der Waals surface area contributed by atoms with Crippen LogP contribution in [0.3, 0.4) is 0 Å². The molecule has 2 bridgehead atoms. The smallest absolute Gasteiger partial charge is 0.0958 e. The van der Waals surface area contributed by atoms with E-state index in [0.717, 1.165) is 50.5 Å². The van der Waals surface area contributed by atoms with Gasteiger partial charge in [-0.2, -0.15) is 0 Å². The van der Waals surface area contributed by atoms with Crippen LogP contribution < -0.4 is 0 Å². The average Bonchev–Trinajstić information content (AvgIpc) is 3.39. The van der Waals surface area contributed by atoms with Crippen molar-refractivity contribution in [3.63, 3.8) is 0 Å². The van der Waals surface area contributed by atoms with E-state index in [4.69, 9.17) is 16.3 Å². The second kappa shape index (κ2) is 7.54. The lowest BCUT2D eigenvalue weighted by Gasteiger charge is -2.65. The van der Waals surface area contributed by atoms with Gasteiger partial charge in [-0.15, -0.1) is 11.6 Å². The van der Waals surface area contributed by atoms with Gasteiger partial charge in [0, 0.05) is 29.5 Å². The number of alkyl halides is 1. The molecule has 2 aromatic rings. The van der Waals surface area contributed by atoms with Gasteiger partial charge in [0.25, 0.3) is 0 Å². The molecule has 7 rings (SSSR count). The minimum atomic E-state index is -0.811. The number of aliphatic hydroxyl groups is 2. The molecule has 1 aromatic heterocycles. The molecule has 9 unspecified atom stereocenters. The lowest BCUT2D eigenvalue weighted by molar-refractivity contribution is -0.276. The van der Waals surface area contributed by atoms with E-state index < -0.39 is 28.3 Å². The van der Waals surface area contributed by atoms with Crippen molar-refractivity contribution in [1.82, 2.24) is 9.88 Å². The van der Waals surface area contributed by atoms with Crippen molar-refractivity contribution in [1.29, 1.82) is 0 Å². The summed E-state index contributed by atoms with van der Waals surface area (Å²) in [6.07, 6.45) is 8.84. The van der Waals surface area contributed by atoms with Crippen LogP contribution in [-0.2, 0) is 4.74 Å². The molecular formula is C30H37ClN2O3. The van der Waals surface area contributed by atoms with E-state index in [2.05, 4.69) is 42.2 Å². The first-order valence-electron chi connectivity index (χ1n) is 13.6. The van der Waals surface area contributed by atoms with E-state index in [0.29, 0.717) is 5.92 Å². The summed E-state index contributed by atoms with van der Waals surface area (Å²) in [5.74, 6) is 0.181. The topological polar surface area (TPSA) is 65.8 Å². The molecule has 2 aliphatic heterocycles. The molecule has 4 fully saturated rings. The third-order valence-corrected chi connectivity index (χ3v) is 11.8. The highest BCUT2D eigenvalue weighted by Gasteiger charge is 2.76. The van der Waals surface area contributed by atoms with Crippen LogP contribution in [0.5, 0.6) is 0 Å². The summed E-state index contributed by atoms with van der Waals surface area (Å²) in [4.78, 5) is 6.05. The highest BCUT2D eigenvalue weighted by Crippen LogP contribution is 2.73. The van der Waals surface area contributed by atoms with E-state index in [9.17, 15) is 10.2 Å². The minimum Gasteiger partial charge on any atom is -0.390 e. The van der Waals surface area contributed by atoms with Crippen LogP contribution in [0.1, 0.15) is 57.4 Å². The van der Waals surface area contributed by atoms with Gasteiger partial charge in [-0.05, 0) is 93.8 Å². The summed E-state index contributed by atoms with van der Waals surface area (Å²) in [5, 5.41) is 23.4. The van der Waals surface area contributed by atoms with Crippen LogP contribution in [0.4, 0.5) is 0 Å². The van der Waals surface area contributed by atoms with Crippen molar-refractivity contribution >= 4 is 28.1 Å². The number of nitrogens with zero attached hydrogens (tertiary/aromatic N) is 2. The van der Waals surface area contributed by atoms with E-state index in [-0.39, 0.29) is 17.4 Å². The fraction of sp³-hybridized carbons (Fsp3) is 0.633. The number of hydrogen-bond donors (Lipinski definition) is 2. The Morgan fingerprint density at radius 3 is 2.69 bits per heavy atom. The van der Waals surface area contributed by atoms with Gasteiger partial charge in [-0.1, -0.05) is 25.1 Å². The molecule has 0 amide bonds. The van der Waals surface area contributed by atoms with Crippen molar-refractivity contribution in [3.05, 3.63) is 48.2 Å². The number of benzene rings is 1.